The number of hydrogen-bond donors (Lipinski definition) is 1. The molecular formula is C10H6ClF3N2S. The predicted octanol–water partition coefficient (Wildman–Crippen LogP) is 4.21. The molecular weight excluding hydrogens is 273 g/mol. The first kappa shape index (κ1) is 12.2. The Balaban J connectivity index is 2.50. The molecule has 0 saturated heterocycles. The van der Waals surface area contributed by atoms with E-state index in [1.54, 1.807) is 24.3 Å². The molecule has 1 aromatic carbocycles. The zero-order chi connectivity index (χ0) is 12.6. The molecule has 0 aliphatic heterocycles. The van der Waals surface area contributed by atoms with Gasteiger partial charge in [0.05, 0.1) is 5.69 Å². The number of H-pyrrole nitrogens is 1. The van der Waals surface area contributed by atoms with E-state index in [2.05, 4.69) is 5.10 Å². The highest BCUT2D eigenvalue weighted by molar-refractivity contribution is 7.71. The molecule has 90 valence electrons. The van der Waals surface area contributed by atoms with E-state index in [1.807, 2.05) is 0 Å². The number of aromatic amines is 1. The van der Waals surface area contributed by atoms with E-state index in [4.69, 9.17) is 23.8 Å². The van der Waals surface area contributed by atoms with Gasteiger partial charge >= 0.3 is 6.18 Å². The van der Waals surface area contributed by atoms with Gasteiger partial charge in [-0.1, -0.05) is 23.8 Å². The standard InChI is InChI=1S/C10H6ClF3N2S/c11-6-1-3-7(4-2-6)16-9(17)5-8(15-16)10(12,13)14/h1-5,15H. The van der Waals surface area contributed by atoms with Crippen LogP contribution in [0.5, 0.6) is 0 Å². The number of rotatable bonds is 1. The molecule has 0 atom stereocenters. The molecule has 0 amide bonds. The van der Waals surface area contributed by atoms with Crippen LogP contribution in [0.2, 0.25) is 5.02 Å². The molecule has 0 aliphatic rings. The van der Waals surface area contributed by atoms with Gasteiger partial charge in [-0.15, -0.1) is 0 Å². The lowest BCUT2D eigenvalue weighted by Crippen LogP contribution is -2.07. The van der Waals surface area contributed by atoms with Crippen molar-refractivity contribution in [3.63, 3.8) is 0 Å². The Morgan fingerprint density at radius 3 is 2.24 bits per heavy atom. The van der Waals surface area contributed by atoms with Crippen molar-refractivity contribution in [2.75, 3.05) is 0 Å². The number of nitrogens with zero attached hydrogens (tertiary/aromatic N) is 1. The van der Waals surface area contributed by atoms with Gasteiger partial charge in [-0.3, -0.25) is 5.10 Å². The van der Waals surface area contributed by atoms with Crippen molar-refractivity contribution in [2.24, 2.45) is 0 Å². The third kappa shape index (κ3) is 2.53. The number of nitrogens with one attached hydrogen (secondary N) is 1. The second-order valence-corrected chi connectivity index (χ2v) is 4.17. The van der Waals surface area contributed by atoms with Crippen molar-refractivity contribution in [2.45, 2.75) is 6.18 Å². The van der Waals surface area contributed by atoms with Crippen LogP contribution in [0.25, 0.3) is 5.69 Å². The zero-order valence-electron chi connectivity index (χ0n) is 8.25. The Kier molecular flexibility index (Phi) is 3.01. The van der Waals surface area contributed by atoms with E-state index in [1.165, 1.54) is 4.68 Å². The maximum atomic E-state index is 12.4. The molecule has 2 rings (SSSR count). The summed E-state index contributed by atoms with van der Waals surface area (Å²) >= 11 is 10.5. The molecule has 7 heteroatoms. The summed E-state index contributed by atoms with van der Waals surface area (Å²) in [6.45, 7) is 0. The highest BCUT2D eigenvalue weighted by Crippen LogP contribution is 2.28. The van der Waals surface area contributed by atoms with Crippen LogP contribution in [0.3, 0.4) is 0 Å². The van der Waals surface area contributed by atoms with Gasteiger partial charge in [-0.25, -0.2) is 4.68 Å². The SMILES string of the molecule is FC(F)(F)c1cc(=S)n(-c2ccc(Cl)cc2)[nH]1. The van der Waals surface area contributed by atoms with Crippen LogP contribution in [0.15, 0.2) is 30.3 Å². The Morgan fingerprint density at radius 1 is 1.18 bits per heavy atom. The fourth-order valence-corrected chi connectivity index (χ4v) is 1.72. The average Bonchev–Trinajstić information content (AvgIpc) is 2.61. The summed E-state index contributed by atoms with van der Waals surface area (Å²) in [7, 11) is 0. The maximum absolute atomic E-state index is 12.4. The minimum atomic E-state index is -4.44. The summed E-state index contributed by atoms with van der Waals surface area (Å²) in [6, 6.07) is 7.19. The normalized spacial score (nSPS) is 11.8. The molecule has 1 heterocycles. The Bertz CT molecular complexity index is 583. The van der Waals surface area contributed by atoms with Crippen LogP contribution in [-0.4, -0.2) is 9.78 Å². The summed E-state index contributed by atoms with van der Waals surface area (Å²) in [5.41, 5.74) is -0.382. The molecule has 0 fully saturated rings. The third-order valence-corrected chi connectivity index (χ3v) is 2.66. The van der Waals surface area contributed by atoms with Gasteiger partial charge < -0.3 is 0 Å². The molecule has 0 saturated carbocycles. The average molecular weight is 279 g/mol. The van der Waals surface area contributed by atoms with Crippen LogP contribution in [0.1, 0.15) is 5.69 Å². The van der Waals surface area contributed by atoms with Crippen molar-refractivity contribution in [3.05, 3.63) is 45.7 Å². The van der Waals surface area contributed by atoms with Crippen LogP contribution >= 0.6 is 23.8 Å². The molecule has 0 spiro atoms. The number of alkyl halides is 3. The summed E-state index contributed by atoms with van der Waals surface area (Å²) in [5.74, 6) is 0. The lowest BCUT2D eigenvalue weighted by atomic mass is 10.3. The van der Waals surface area contributed by atoms with Crippen LogP contribution in [0, 0.1) is 4.64 Å². The van der Waals surface area contributed by atoms with Gasteiger partial charge in [0.1, 0.15) is 10.3 Å². The topological polar surface area (TPSA) is 20.7 Å². The van der Waals surface area contributed by atoms with Crippen LogP contribution < -0.4 is 0 Å². The van der Waals surface area contributed by atoms with Crippen molar-refractivity contribution >= 4 is 23.8 Å². The number of aromatic nitrogens is 2. The summed E-state index contributed by atoms with van der Waals surface area (Å²) in [4.78, 5) is 0. The Labute approximate surface area is 105 Å². The van der Waals surface area contributed by atoms with Crippen LogP contribution in [-0.2, 0) is 6.18 Å². The van der Waals surface area contributed by atoms with Gasteiger partial charge in [0.15, 0.2) is 0 Å². The minimum Gasteiger partial charge on any atom is -0.288 e. The molecule has 1 aromatic heterocycles. The van der Waals surface area contributed by atoms with E-state index in [-0.39, 0.29) is 4.64 Å². The van der Waals surface area contributed by atoms with E-state index < -0.39 is 11.9 Å². The monoisotopic (exact) mass is 278 g/mol. The first-order valence-corrected chi connectivity index (χ1v) is 5.32. The highest BCUT2D eigenvalue weighted by atomic mass is 35.5. The maximum Gasteiger partial charge on any atom is 0.432 e. The van der Waals surface area contributed by atoms with E-state index in [9.17, 15) is 13.2 Å². The van der Waals surface area contributed by atoms with E-state index in [0.717, 1.165) is 6.07 Å². The van der Waals surface area contributed by atoms with Crippen molar-refractivity contribution in [3.8, 4) is 5.69 Å². The summed E-state index contributed by atoms with van der Waals surface area (Å²) in [6.07, 6.45) is -4.44. The molecule has 17 heavy (non-hydrogen) atoms. The first-order chi connectivity index (χ1) is 7.88. The summed E-state index contributed by atoms with van der Waals surface area (Å²) in [5, 5.41) is 2.70. The Hall–Kier alpha value is -1.27. The number of benzene rings is 1. The zero-order valence-corrected chi connectivity index (χ0v) is 9.83. The predicted molar refractivity (Wildman–Crippen MR) is 61.0 cm³/mol. The molecule has 0 bridgehead atoms. The van der Waals surface area contributed by atoms with Crippen molar-refractivity contribution in [1.82, 2.24) is 9.78 Å². The number of halogens is 4. The second kappa shape index (κ2) is 4.19. The van der Waals surface area contributed by atoms with Gasteiger partial charge in [0.2, 0.25) is 0 Å². The van der Waals surface area contributed by atoms with Gasteiger partial charge in [0, 0.05) is 11.1 Å². The molecule has 2 aromatic rings. The quantitative estimate of drug-likeness (QED) is 0.775. The van der Waals surface area contributed by atoms with Gasteiger partial charge in [-0.05, 0) is 24.3 Å². The lowest BCUT2D eigenvalue weighted by Gasteiger charge is -2.05. The van der Waals surface area contributed by atoms with Gasteiger partial charge in [0.25, 0.3) is 0 Å². The minimum absolute atomic E-state index is 0.0552. The molecule has 2 nitrogen and oxygen atoms in total. The third-order valence-electron chi connectivity index (χ3n) is 2.11. The largest absolute Gasteiger partial charge is 0.432 e. The Morgan fingerprint density at radius 2 is 1.76 bits per heavy atom. The van der Waals surface area contributed by atoms with Gasteiger partial charge in [-0.2, -0.15) is 13.2 Å². The molecule has 1 N–H and O–H groups in total. The summed E-state index contributed by atoms with van der Waals surface area (Å²) < 4.78 is 38.6. The molecule has 0 aliphatic carbocycles. The van der Waals surface area contributed by atoms with E-state index >= 15 is 0 Å². The number of hydrogen-bond acceptors (Lipinski definition) is 1. The first-order valence-electron chi connectivity index (χ1n) is 4.53. The molecule has 0 radical (unpaired) electrons. The fraction of sp³-hybridized carbons (Fsp3) is 0.100. The van der Waals surface area contributed by atoms with E-state index in [0.29, 0.717) is 10.7 Å². The van der Waals surface area contributed by atoms with Crippen molar-refractivity contribution < 1.29 is 13.2 Å². The highest BCUT2D eigenvalue weighted by Gasteiger charge is 2.33. The smallest absolute Gasteiger partial charge is 0.288 e. The fourth-order valence-electron chi connectivity index (χ4n) is 1.32. The lowest BCUT2D eigenvalue weighted by molar-refractivity contribution is -0.141. The second-order valence-electron chi connectivity index (χ2n) is 3.32. The molecule has 0 unspecified atom stereocenters. The van der Waals surface area contributed by atoms with Crippen LogP contribution in [0.4, 0.5) is 13.2 Å². The van der Waals surface area contributed by atoms with Crippen molar-refractivity contribution in [1.29, 1.82) is 0 Å².